The van der Waals surface area contributed by atoms with Crippen molar-refractivity contribution in [3.05, 3.63) is 28.0 Å². The van der Waals surface area contributed by atoms with Crippen molar-refractivity contribution in [2.75, 3.05) is 26.7 Å². The number of carbonyl (C=O) groups excluding carboxylic acids is 2. The van der Waals surface area contributed by atoms with Gasteiger partial charge in [-0.2, -0.15) is 0 Å². The fourth-order valence-corrected chi connectivity index (χ4v) is 2.39. The Morgan fingerprint density at radius 1 is 1.26 bits per heavy atom. The van der Waals surface area contributed by atoms with E-state index in [1.165, 1.54) is 17.0 Å². The molecule has 1 aromatic heterocycles. The van der Waals surface area contributed by atoms with E-state index in [0.29, 0.717) is 18.7 Å². The molecule has 2 heterocycles. The van der Waals surface area contributed by atoms with E-state index >= 15 is 0 Å². The molecule has 1 aliphatic heterocycles. The quantitative estimate of drug-likeness (QED) is 0.742. The molecule has 7 heteroatoms. The van der Waals surface area contributed by atoms with Gasteiger partial charge in [-0.1, -0.05) is 23.2 Å². The van der Waals surface area contributed by atoms with Gasteiger partial charge in [0.2, 0.25) is 5.91 Å². The molecule has 0 unspecified atom stereocenters. The maximum Gasteiger partial charge on any atom is 0.254 e. The minimum Gasteiger partial charge on any atom is -0.344 e. The lowest BCUT2D eigenvalue weighted by atomic mass is 10.2. The molecular weight excluding hydrogens is 289 g/mol. The molecule has 0 atom stereocenters. The van der Waals surface area contributed by atoms with Crippen LogP contribution in [0.5, 0.6) is 0 Å². The molecular formula is C12H13Cl2N3O2. The number of pyridine rings is 1. The average Bonchev–Trinajstić information content (AvgIpc) is 2.50. The summed E-state index contributed by atoms with van der Waals surface area (Å²) in [6.07, 6.45) is 0.751. The fraction of sp³-hybridized carbons (Fsp3) is 0.417. The molecule has 0 saturated carbocycles. The molecule has 0 radical (unpaired) electrons. The predicted octanol–water partition coefficient (Wildman–Crippen LogP) is 1.69. The fourth-order valence-electron chi connectivity index (χ4n) is 1.93. The van der Waals surface area contributed by atoms with Crippen LogP contribution < -0.4 is 0 Å². The van der Waals surface area contributed by atoms with Gasteiger partial charge in [-0.05, 0) is 18.6 Å². The molecule has 19 heavy (non-hydrogen) atoms. The van der Waals surface area contributed by atoms with E-state index in [-0.39, 0.29) is 28.7 Å². The molecule has 1 fully saturated rings. The SMILES string of the molecule is CN1CCCN(C(=O)c2cc(Cl)nc(Cl)c2)CC1=O. The van der Waals surface area contributed by atoms with Gasteiger partial charge in [0, 0.05) is 25.7 Å². The lowest BCUT2D eigenvalue weighted by molar-refractivity contribution is -0.129. The lowest BCUT2D eigenvalue weighted by Gasteiger charge is -2.19. The van der Waals surface area contributed by atoms with Crippen LogP contribution >= 0.6 is 23.2 Å². The number of rotatable bonds is 1. The summed E-state index contributed by atoms with van der Waals surface area (Å²) in [4.78, 5) is 31.0. The van der Waals surface area contributed by atoms with E-state index in [4.69, 9.17) is 23.2 Å². The Morgan fingerprint density at radius 3 is 2.53 bits per heavy atom. The minimum atomic E-state index is -0.255. The maximum absolute atomic E-state index is 12.3. The van der Waals surface area contributed by atoms with Crippen LogP contribution in [0, 0.1) is 0 Å². The number of halogens is 2. The van der Waals surface area contributed by atoms with Crippen LogP contribution in [0.4, 0.5) is 0 Å². The average molecular weight is 302 g/mol. The Morgan fingerprint density at radius 2 is 1.89 bits per heavy atom. The summed E-state index contributed by atoms with van der Waals surface area (Å²) in [6.45, 7) is 1.26. The van der Waals surface area contributed by atoms with Crippen molar-refractivity contribution in [3.8, 4) is 0 Å². The highest BCUT2D eigenvalue weighted by molar-refractivity contribution is 6.33. The van der Waals surface area contributed by atoms with Gasteiger partial charge >= 0.3 is 0 Å². The van der Waals surface area contributed by atoms with Crippen LogP contribution in [0.2, 0.25) is 10.3 Å². The number of hydrogen-bond donors (Lipinski definition) is 0. The molecule has 1 aliphatic rings. The Hall–Kier alpha value is -1.33. The van der Waals surface area contributed by atoms with Gasteiger partial charge in [0.15, 0.2) is 0 Å². The van der Waals surface area contributed by atoms with E-state index in [0.717, 1.165) is 6.42 Å². The Labute approximate surface area is 121 Å². The second kappa shape index (κ2) is 5.75. The summed E-state index contributed by atoms with van der Waals surface area (Å²) in [5.74, 6) is -0.327. The van der Waals surface area contributed by atoms with Crippen LogP contribution in [-0.2, 0) is 4.79 Å². The van der Waals surface area contributed by atoms with Gasteiger partial charge in [0.25, 0.3) is 5.91 Å². The summed E-state index contributed by atoms with van der Waals surface area (Å²) in [6, 6.07) is 2.91. The number of likely N-dealkylation sites (N-methyl/N-ethyl adjacent to an activating group) is 1. The van der Waals surface area contributed by atoms with Gasteiger partial charge in [0.1, 0.15) is 16.9 Å². The first kappa shape index (κ1) is 14.1. The van der Waals surface area contributed by atoms with E-state index in [1.807, 2.05) is 0 Å². The Kier molecular flexibility index (Phi) is 4.27. The molecule has 1 aromatic rings. The molecule has 0 bridgehead atoms. The number of carbonyl (C=O) groups is 2. The standard InChI is InChI=1S/C12H13Cl2N3O2/c1-16-3-2-4-17(7-11(16)18)12(19)8-5-9(13)15-10(14)6-8/h5-6H,2-4,7H2,1H3. The molecule has 0 aliphatic carbocycles. The smallest absolute Gasteiger partial charge is 0.254 e. The zero-order valence-corrected chi connectivity index (χ0v) is 11.9. The highest BCUT2D eigenvalue weighted by atomic mass is 35.5. The van der Waals surface area contributed by atoms with Crippen LogP contribution in [0.25, 0.3) is 0 Å². The van der Waals surface area contributed by atoms with Crippen LogP contribution in [0.1, 0.15) is 16.8 Å². The third-order valence-electron chi connectivity index (χ3n) is 2.97. The number of hydrogen-bond acceptors (Lipinski definition) is 3. The van der Waals surface area contributed by atoms with Crippen molar-refractivity contribution in [2.45, 2.75) is 6.42 Å². The number of nitrogens with zero attached hydrogens (tertiary/aromatic N) is 3. The monoisotopic (exact) mass is 301 g/mol. The minimum absolute atomic E-state index is 0.0721. The molecule has 0 N–H and O–H groups in total. The van der Waals surface area contributed by atoms with Gasteiger partial charge in [-0.15, -0.1) is 0 Å². The first-order valence-electron chi connectivity index (χ1n) is 5.83. The van der Waals surface area contributed by atoms with Crippen molar-refractivity contribution in [3.63, 3.8) is 0 Å². The summed E-state index contributed by atoms with van der Waals surface area (Å²) in [5, 5.41) is 0.322. The highest BCUT2D eigenvalue weighted by Gasteiger charge is 2.24. The highest BCUT2D eigenvalue weighted by Crippen LogP contribution is 2.17. The van der Waals surface area contributed by atoms with Gasteiger partial charge in [0.05, 0.1) is 0 Å². The molecule has 0 spiro atoms. The molecule has 102 valence electrons. The van der Waals surface area contributed by atoms with Gasteiger partial charge < -0.3 is 9.80 Å². The van der Waals surface area contributed by atoms with Crippen LogP contribution in [0.15, 0.2) is 12.1 Å². The van der Waals surface area contributed by atoms with Crippen molar-refractivity contribution in [1.82, 2.24) is 14.8 Å². The third kappa shape index (κ3) is 3.36. The first-order valence-corrected chi connectivity index (χ1v) is 6.59. The summed E-state index contributed by atoms with van der Waals surface area (Å²) in [7, 11) is 1.73. The van der Waals surface area contributed by atoms with E-state index in [1.54, 1.807) is 11.9 Å². The summed E-state index contributed by atoms with van der Waals surface area (Å²) >= 11 is 11.6. The molecule has 2 rings (SSSR count). The number of aromatic nitrogens is 1. The van der Waals surface area contributed by atoms with Crippen LogP contribution in [0.3, 0.4) is 0 Å². The van der Waals surface area contributed by atoms with E-state index in [2.05, 4.69) is 4.98 Å². The third-order valence-corrected chi connectivity index (χ3v) is 3.36. The van der Waals surface area contributed by atoms with Crippen LogP contribution in [-0.4, -0.2) is 53.3 Å². The summed E-state index contributed by atoms with van der Waals surface area (Å²) in [5.41, 5.74) is 0.349. The molecule has 0 aromatic carbocycles. The topological polar surface area (TPSA) is 53.5 Å². The molecule has 2 amide bonds. The second-order valence-corrected chi connectivity index (χ2v) is 5.17. The van der Waals surface area contributed by atoms with Crippen molar-refractivity contribution >= 4 is 35.0 Å². The van der Waals surface area contributed by atoms with Crippen molar-refractivity contribution in [2.24, 2.45) is 0 Å². The van der Waals surface area contributed by atoms with Crippen molar-refractivity contribution in [1.29, 1.82) is 0 Å². The Bertz CT molecular complexity index is 501. The number of amides is 2. The Balaban J connectivity index is 2.21. The van der Waals surface area contributed by atoms with Crippen molar-refractivity contribution < 1.29 is 9.59 Å². The van der Waals surface area contributed by atoms with E-state index in [9.17, 15) is 9.59 Å². The zero-order valence-electron chi connectivity index (χ0n) is 10.4. The normalized spacial score (nSPS) is 16.5. The molecule has 1 saturated heterocycles. The lowest BCUT2D eigenvalue weighted by Crippen LogP contribution is -2.38. The predicted molar refractivity (Wildman–Crippen MR) is 72.4 cm³/mol. The first-order chi connectivity index (χ1) is 8.97. The van der Waals surface area contributed by atoms with E-state index < -0.39 is 0 Å². The summed E-state index contributed by atoms with van der Waals surface area (Å²) < 4.78 is 0. The second-order valence-electron chi connectivity index (χ2n) is 4.40. The molecule has 5 nitrogen and oxygen atoms in total. The van der Waals surface area contributed by atoms with Gasteiger partial charge in [-0.25, -0.2) is 4.98 Å². The van der Waals surface area contributed by atoms with Gasteiger partial charge in [-0.3, -0.25) is 9.59 Å². The zero-order chi connectivity index (χ0) is 14.0. The maximum atomic E-state index is 12.3. The largest absolute Gasteiger partial charge is 0.344 e.